The van der Waals surface area contributed by atoms with Gasteiger partial charge in [0.1, 0.15) is 0 Å². The highest BCUT2D eigenvalue weighted by molar-refractivity contribution is 6.66. The number of ether oxygens (including phenoxy) is 3. The number of carbonyl (C=O) groups is 1. The van der Waals surface area contributed by atoms with E-state index in [-0.39, 0.29) is 6.79 Å². The maximum Gasteiger partial charge on any atom is 0.245 e. The van der Waals surface area contributed by atoms with E-state index in [1.807, 2.05) is 0 Å². The van der Waals surface area contributed by atoms with Crippen molar-refractivity contribution in [1.82, 2.24) is 0 Å². The Balaban J connectivity index is 2.38. The summed E-state index contributed by atoms with van der Waals surface area (Å²) in [4.78, 5) is 10.6. The lowest BCUT2D eigenvalue weighted by molar-refractivity contribution is -0.107. The first-order valence-electron chi connectivity index (χ1n) is 4.56. The first kappa shape index (κ1) is 10.8. The third kappa shape index (κ3) is 2.12. The summed E-state index contributed by atoms with van der Waals surface area (Å²) < 4.78 is 15.6. The van der Waals surface area contributed by atoms with Crippen LogP contribution in [0.25, 0.3) is 6.08 Å². The first-order chi connectivity index (χ1) is 7.70. The van der Waals surface area contributed by atoms with Crippen LogP contribution in [0.2, 0.25) is 0 Å². The summed E-state index contributed by atoms with van der Waals surface area (Å²) in [6, 6.07) is 3.49. The van der Waals surface area contributed by atoms with Crippen LogP contribution in [0.15, 0.2) is 18.2 Å². The zero-order chi connectivity index (χ0) is 11.5. The lowest BCUT2D eigenvalue weighted by Crippen LogP contribution is -1.93. The Bertz CT molecular complexity index is 454. The van der Waals surface area contributed by atoms with Gasteiger partial charge in [0.05, 0.1) is 7.11 Å². The van der Waals surface area contributed by atoms with Crippen molar-refractivity contribution >= 4 is 22.9 Å². The molecule has 1 aliphatic rings. The molecule has 1 heterocycles. The standard InChI is InChI=1S/C11H9ClO4/c1-14-8-4-7(2-3-10(12)13)5-9-11(8)16-6-15-9/h2-5H,6H2,1H3/b3-2+. The molecule has 5 heteroatoms. The molecule has 0 aliphatic carbocycles. The Labute approximate surface area is 97.4 Å². The van der Waals surface area contributed by atoms with Crippen molar-refractivity contribution in [2.24, 2.45) is 0 Å². The van der Waals surface area contributed by atoms with Crippen LogP contribution in [0, 0.1) is 0 Å². The summed E-state index contributed by atoms with van der Waals surface area (Å²) in [5.74, 6) is 1.74. The van der Waals surface area contributed by atoms with Gasteiger partial charge in [-0.2, -0.15) is 0 Å². The summed E-state index contributed by atoms with van der Waals surface area (Å²) in [5, 5.41) is -0.531. The summed E-state index contributed by atoms with van der Waals surface area (Å²) in [5.41, 5.74) is 0.759. The van der Waals surface area contributed by atoms with Crippen LogP contribution in [-0.4, -0.2) is 19.1 Å². The number of fused-ring (bicyclic) bond motifs is 1. The van der Waals surface area contributed by atoms with Crippen LogP contribution in [-0.2, 0) is 4.79 Å². The molecular formula is C11H9ClO4. The number of hydrogen-bond acceptors (Lipinski definition) is 4. The van der Waals surface area contributed by atoms with Gasteiger partial charge in [0, 0.05) is 0 Å². The Kier molecular flexibility index (Phi) is 3.01. The summed E-state index contributed by atoms with van der Waals surface area (Å²) in [7, 11) is 1.54. The molecule has 0 fully saturated rings. The number of methoxy groups -OCH3 is 1. The maximum absolute atomic E-state index is 10.6. The van der Waals surface area contributed by atoms with E-state index in [0.29, 0.717) is 17.2 Å². The molecule has 0 atom stereocenters. The van der Waals surface area contributed by atoms with Crippen LogP contribution in [0.3, 0.4) is 0 Å². The number of halogens is 1. The Morgan fingerprint density at radius 1 is 1.50 bits per heavy atom. The lowest BCUT2D eigenvalue weighted by atomic mass is 10.1. The van der Waals surface area contributed by atoms with Crippen molar-refractivity contribution in [3.63, 3.8) is 0 Å². The van der Waals surface area contributed by atoms with Gasteiger partial charge >= 0.3 is 0 Å². The summed E-state index contributed by atoms with van der Waals surface area (Å²) >= 11 is 5.21. The highest BCUT2D eigenvalue weighted by atomic mass is 35.5. The fourth-order valence-corrected chi connectivity index (χ4v) is 1.47. The van der Waals surface area contributed by atoms with Gasteiger partial charge in [0.15, 0.2) is 11.5 Å². The molecule has 0 saturated heterocycles. The van der Waals surface area contributed by atoms with Crippen LogP contribution < -0.4 is 14.2 Å². The summed E-state index contributed by atoms with van der Waals surface area (Å²) in [6.45, 7) is 0.174. The molecule has 2 rings (SSSR count). The van der Waals surface area contributed by atoms with Gasteiger partial charge in [-0.05, 0) is 41.4 Å². The molecule has 0 radical (unpaired) electrons. The largest absolute Gasteiger partial charge is 0.493 e. The van der Waals surface area contributed by atoms with Gasteiger partial charge in [0.2, 0.25) is 17.8 Å². The Morgan fingerprint density at radius 2 is 2.31 bits per heavy atom. The van der Waals surface area contributed by atoms with E-state index in [1.165, 1.54) is 13.2 Å². The molecule has 0 aromatic heterocycles. The van der Waals surface area contributed by atoms with Gasteiger partial charge in [0.25, 0.3) is 0 Å². The molecule has 1 aliphatic heterocycles. The number of hydrogen-bond donors (Lipinski definition) is 0. The number of carbonyl (C=O) groups excluding carboxylic acids is 1. The summed E-state index contributed by atoms with van der Waals surface area (Å²) in [6.07, 6.45) is 2.85. The molecule has 84 valence electrons. The van der Waals surface area contributed by atoms with Gasteiger partial charge in [-0.25, -0.2) is 0 Å². The van der Waals surface area contributed by atoms with E-state index >= 15 is 0 Å². The quantitative estimate of drug-likeness (QED) is 0.600. The van der Waals surface area contributed by atoms with Gasteiger partial charge in [-0.15, -0.1) is 0 Å². The second-order valence-corrected chi connectivity index (χ2v) is 3.47. The first-order valence-corrected chi connectivity index (χ1v) is 4.93. The molecular weight excluding hydrogens is 232 g/mol. The number of rotatable bonds is 3. The van der Waals surface area contributed by atoms with Crippen LogP contribution in [0.5, 0.6) is 17.2 Å². The molecule has 1 aromatic rings. The smallest absolute Gasteiger partial charge is 0.245 e. The van der Waals surface area contributed by atoms with Crippen molar-refractivity contribution in [1.29, 1.82) is 0 Å². The van der Waals surface area contributed by atoms with Crippen molar-refractivity contribution in [2.75, 3.05) is 13.9 Å². The highest BCUT2D eigenvalue weighted by Gasteiger charge is 2.19. The Hall–Kier alpha value is -1.68. The normalized spacial score (nSPS) is 13.1. The van der Waals surface area contributed by atoms with Crippen LogP contribution in [0.4, 0.5) is 0 Å². The fourth-order valence-electron chi connectivity index (χ4n) is 1.41. The highest BCUT2D eigenvalue weighted by Crippen LogP contribution is 2.42. The second kappa shape index (κ2) is 4.45. The number of allylic oxidation sites excluding steroid dienone is 1. The van der Waals surface area contributed by atoms with E-state index < -0.39 is 5.24 Å². The molecule has 0 bridgehead atoms. The topological polar surface area (TPSA) is 44.8 Å². The fraction of sp³-hybridized carbons (Fsp3) is 0.182. The van der Waals surface area contributed by atoms with Crippen LogP contribution >= 0.6 is 11.6 Å². The van der Waals surface area contributed by atoms with E-state index in [1.54, 1.807) is 18.2 Å². The molecule has 0 saturated carbocycles. The third-order valence-corrected chi connectivity index (χ3v) is 2.21. The number of benzene rings is 1. The zero-order valence-corrected chi connectivity index (χ0v) is 9.28. The molecule has 16 heavy (non-hydrogen) atoms. The Morgan fingerprint density at radius 3 is 3.00 bits per heavy atom. The minimum atomic E-state index is -0.531. The van der Waals surface area contributed by atoms with Crippen molar-refractivity contribution in [3.05, 3.63) is 23.8 Å². The zero-order valence-electron chi connectivity index (χ0n) is 8.53. The molecule has 0 unspecified atom stereocenters. The van der Waals surface area contributed by atoms with E-state index in [2.05, 4.69) is 0 Å². The molecule has 4 nitrogen and oxygen atoms in total. The lowest BCUT2D eigenvalue weighted by Gasteiger charge is -2.05. The SMILES string of the molecule is COc1cc(/C=C/C(=O)Cl)cc2c1OCO2. The second-order valence-electron chi connectivity index (χ2n) is 3.09. The minimum Gasteiger partial charge on any atom is -0.493 e. The van der Waals surface area contributed by atoms with E-state index in [9.17, 15) is 4.79 Å². The van der Waals surface area contributed by atoms with E-state index in [4.69, 9.17) is 25.8 Å². The van der Waals surface area contributed by atoms with Gasteiger partial charge < -0.3 is 14.2 Å². The predicted octanol–water partition coefficient (Wildman–Crippen LogP) is 2.20. The van der Waals surface area contributed by atoms with Crippen molar-refractivity contribution in [3.8, 4) is 17.2 Å². The van der Waals surface area contributed by atoms with Gasteiger partial charge in [-0.1, -0.05) is 0 Å². The maximum atomic E-state index is 10.6. The third-order valence-electron chi connectivity index (χ3n) is 2.09. The van der Waals surface area contributed by atoms with Crippen LogP contribution in [0.1, 0.15) is 5.56 Å². The monoisotopic (exact) mass is 240 g/mol. The molecule has 1 aromatic carbocycles. The van der Waals surface area contributed by atoms with Crippen molar-refractivity contribution in [2.45, 2.75) is 0 Å². The molecule has 0 amide bonds. The van der Waals surface area contributed by atoms with E-state index in [0.717, 1.165) is 5.56 Å². The van der Waals surface area contributed by atoms with Gasteiger partial charge in [-0.3, -0.25) is 4.79 Å². The predicted molar refractivity (Wildman–Crippen MR) is 59.0 cm³/mol. The molecule has 0 spiro atoms. The minimum absolute atomic E-state index is 0.174. The van der Waals surface area contributed by atoms with Crippen molar-refractivity contribution < 1.29 is 19.0 Å². The molecule has 0 N–H and O–H groups in total. The average molecular weight is 241 g/mol. The average Bonchev–Trinajstić information content (AvgIpc) is 2.73.